The van der Waals surface area contributed by atoms with Crippen LogP contribution in [0.4, 0.5) is 13.2 Å². The minimum absolute atomic E-state index is 0.00191. The van der Waals surface area contributed by atoms with Crippen LogP contribution >= 0.6 is 34.8 Å². The maximum Gasteiger partial charge on any atom is 0.414 e. The summed E-state index contributed by atoms with van der Waals surface area (Å²) in [6, 6.07) is 3.02. The molecule has 2 aliphatic heterocycles. The molecule has 1 aromatic carbocycles. The SMILES string of the molecule is O=C(O)CCc1cc(Cl)c(-c2noc(C3=CN4CC(C(F)(F)F)=CC(Cl)=C4N3)n2)cc1Cl. The van der Waals surface area contributed by atoms with E-state index >= 15 is 0 Å². The Morgan fingerprint density at radius 1 is 1.25 bits per heavy atom. The number of nitrogens with one attached hydrogen (secondary N) is 1. The first-order chi connectivity index (χ1) is 15.0. The van der Waals surface area contributed by atoms with Gasteiger partial charge in [0, 0.05) is 23.2 Å². The number of fused-ring (bicyclic) bond motifs is 1. The predicted molar refractivity (Wildman–Crippen MR) is 111 cm³/mol. The van der Waals surface area contributed by atoms with Crippen molar-refractivity contribution in [3.63, 3.8) is 0 Å². The molecule has 0 unspecified atom stereocenters. The lowest BCUT2D eigenvalue weighted by molar-refractivity contribution is -0.136. The van der Waals surface area contributed by atoms with Crippen LogP contribution in [0.1, 0.15) is 17.9 Å². The van der Waals surface area contributed by atoms with E-state index < -0.39 is 24.3 Å². The fraction of sp³-hybridized carbons (Fsp3) is 0.211. The lowest BCUT2D eigenvalue weighted by Gasteiger charge is -2.25. The van der Waals surface area contributed by atoms with Crippen LogP contribution in [0.15, 0.2) is 45.4 Å². The van der Waals surface area contributed by atoms with Crippen molar-refractivity contribution in [3.05, 3.63) is 62.3 Å². The van der Waals surface area contributed by atoms with Crippen molar-refractivity contribution in [1.82, 2.24) is 20.4 Å². The number of hydrogen-bond acceptors (Lipinski definition) is 6. The number of alkyl halides is 3. The molecule has 4 rings (SSSR count). The quantitative estimate of drug-likeness (QED) is 0.577. The Hall–Kier alpha value is -2.69. The number of aromatic nitrogens is 2. The van der Waals surface area contributed by atoms with E-state index in [4.69, 9.17) is 44.4 Å². The van der Waals surface area contributed by atoms with Gasteiger partial charge in [-0.2, -0.15) is 18.2 Å². The fourth-order valence-electron chi connectivity index (χ4n) is 3.14. The van der Waals surface area contributed by atoms with E-state index in [-0.39, 0.29) is 51.2 Å². The Bertz CT molecular complexity index is 1200. The number of halogens is 6. The molecule has 0 radical (unpaired) electrons. The molecule has 0 bridgehead atoms. The van der Waals surface area contributed by atoms with Crippen LogP contribution in [0.5, 0.6) is 0 Å². The standard InChI is InChI=1S/C19H12Cl3F3N4O3/c20-11-5-10(12(21)3-8(11)1-2-15(30)31)16-27-18(32-28-16)14-7-29-6-9(19(23,24)25)4-13(22)17(29)26-14/h3-5,7,26H,1-2,6H2,(H,30,31). The van der Waals surface area contributed by atoms with Gasteiger partial charge >= 0.3 is 12.1 Å². The summed E-state index contributed by atoms with van der Waals surface area (Å²) in [4.78, 5) is 16.3. The summed E-state index contributed by atoms with van der Waals surface area (Å²) in [7, 11) is 0. The highest BCUT2D eigenvalue weighted by Gasteiger charge is 2.39. The van der Waals surface area contributed by atoms with Gasteiger partial charge in [0.25, 0.3) is 5.89 Å². The highest BCUT2D eigenvalue weighted by atomic mass is 35.5. The van der Waals surface area contributed by atoms with Gasteiger partial charge in [-0.15, -0.1) is 0 Å². The van der Waals surface area contributed by atoms with Gasteiger partial charge in [-0.1, -0.05) is 40.0 Å². The number of carboxylic acids is 1. The Morgan fingerprint density at radius 2 is 2.00 bits per heavy atom. The smallest absolute Gasteiger partial charge is 0.414 e. The molecule has 2 N–H and O–H groups in total. The Balaban J connectivity index is 1.58. The van der Waals surface area contributed by atoms with Crippen molar-refractivity contribution < 1.29 is 27.6 Å². The van der Waals surface area contributed by atoms with E-state index in [2.05, 4.69) is 15.5 Å². The molecule has 0 amide bonds. The van der Waals surface area contributed by atoms with Crippen LogP contribution in [0, 0.1) is 0 Å². The normalized spacial score (nSPS) is 16.0. The molecular weight excluding hydrogens is 496 g/mol. The molecule has 2 aliphatic rings. The van der Waals surface area contributed by atoms with E-state index in [1.165, 1.54) is 23.2 Å². The fourth-order valence-corrected chi connectivity index (χ4v) is 3.96. The number of rotatable bonds is 5. The first kappa shape index (κ1) is 22.5. The van der Waals surface area contributed by atoms with E-state index in [0.29, 0.717) is 11.1 Å². The van der Waals surface area contributed by atoms with Gasteiger partial charge in [-0.3, -0.25) is 4.79 Å². The first-order valence-corrected chi connectivity index (χ1v) is 10.1. The second-order valence-electron chi connectivity index (χ2n) is 6.90. The summed E-state index contributed by atoms with van der Waals surface area (Å²) in [6.45, 7) is -0.425. The summed E-state index contributed by atoms with van der Waals surface area (Å²) in [5.41, 5.74) is 0.369. The van der Waals surface area contributed by atoms with Gasteiger partial charge in [0.15, 0.2) is 0 Å². The number of benzene rings is 1. The number of aliphatic carboxylic acids is 1. The van der Waals surface area contributed by atoms with Crippen LogP contribution in [-0.4, -0.2) is 38.8 Å². The topological polar surface area (TPSA) is 91.5 Å². The third-order valence-electron chi connectivity index (χ3n) is 4.70. The molecule has 168 valence electrons. The van der Waals surface area contributed by atoms with Crippen molar-refractivity contribution in [2.24, 2.45) is 0 Å². The third-order valence-corrected chi connectivity index (χ3v) is 5.65. The van der Waals surface area contributed by atoms with Crippen molar-refractivity contribution >= 4 is 46.5 Å². The van der Waals surface area contributed by atoms with Crippen LogP contribution < -0.4 is 5.32 Å². The summed E-state index contributed by atoms with van der Waals surface area (Å²) < 4.78 is 44.4. The van der Waals surface area contributed by atoms with Crippen LogP contribution in [0.2, 0.25) is 10.0 Å². The maximum atomic E-state index is 13.1. The number of carboxylic acid groups (broad SMARTS) is 1. The van der Waals surface area contributed by atoms with E-state index in [0.717, 1.165) is 6.08 Å². The summed E-state index contributed by atoms with van der Waals surface area (Å²) in [6.07, 6.45) is -2.17. The van der Waals surface area contributed by atoms with Crippen LogP contribution in [0.3, 0.4) is 0 Å². The van der Waals surface area contributed by atoms with Gasteiger partial charge in [-0.25, -0.2) is 0 Å². The largest absolute Gasteiger partial charge is 0.481 e. The first-order valence-electron chi connectivity index (χ1n) is 9.00. The number of carbonyl (C=O) groups is 1. The molecule has 7 nitrogen and oxygen atoms in total. The predicted octanol–water partition coefficient (Wildman–Crippen LogP) is 5.17. The highest BCUT2D eigenvalue weighted by Crippen LogP contribution is 2.37. The van der Waals surface area contributed by atoms with Crippen molar-refractivity contribution in [1.29, 1.82) is 0 Å². The zero-order valence-corrected chi connectivity index (χ0v) is 18.1. The Morgan fingerprint density at radius 3 is 2.69 bits per heavy atom. The average Bonchev–Trinajstić information content (AvgIpc) is 3.34. The van der Waals surface area contributed by atoms with Gasteiger partial charge in [0.1, 0.15) is 11.5 Å². The van der Waals surface area contributed by atoms with Crippen molar-refractivity contribution in [2.45, 2.75) is 19.0 Å². The molecule has 1 aromatic heterocycles. The van der Waals surface area contributed by atoms with E-state index in [1.54, 1.807) is 0 Å². The van der Waals surface area contributed by atoms with Gasteiger partial charge in [-0.05, 0) is 30.2 Å². The summed E-state index contributed by atoms with van der Waals surface area (Å²) in [5, 5.41) is 16.0. The molecule has 0 spiro atoms. The molecular formula is C19H12Cl3F3N4O3. The second kappa shape index (κ2) is 8.34. The zero-order chi connectivity index (χ0) is 23.2. The zero-order valence-electron chi connectivity index (χ0n) is 15.8. The lowest BCUT2D eigenvalue weighted by Crippen LogP contribution is -2.30. The van der Waals surface area contributed by atoms with E-state index in [9.17, 15) is 18.0 Å². The minimum Gasteiger partial charge on any atom is -0.481 e. The molecule has 0 aliphatic carbocycles. The molecule has 0 saturated carbocycles. The summed E-state index contributed by atoms with van der Waals surface area (Å²) >= 11 is 18.5. The highest BCUT2D eigenvalue weighted by molar-refractivity contribution is 6.35. The van der Waals surface area contributed by atoms with Gasteiger partial charge in [0.05, 0.1) is 22.2 Å². The Labute approximate surface area is 193 Å². The molecule has 32 heavy (non-hydrogen) atoms. The van der Waals surface area contributed by atoms with E-state index in [1.807, 2.05) is 0 Å². The van der Waals surface area contributed by atoms with Crippen molar-refractivity contribution in [3.8, 4) is 11.4 Å². The van der Waals surface area contributed by atoms with Crippen LogP contribution in [-0.2, 0) is 11.2 Å². The maximum absolute atomic E-state index is 13.1. The molecule has 2 aromatic rings. The molecule has 13 heteroatoms. The average molecular weight is 508 g/mol. The number of allylic oxidation sites excluding steroid dienone is 2. The second-order valence-corrected chi connectivity index (χ2v) is 8.12. The molecule has 0 atom stereocenters. The number of nitrogens with zero attached hydrogens (tertiary/aromatic N) is 3. The molecule has 0 fully saturated rings. The van der Waals surface area contributed by atoms with Crippen molar-refractivity contribution in [2.75, 3.05) is 6.54 Å². The number of aryl methyl sites for hydroxylation is 1. The minimum atomic E-state index is -4.51. The van der Waals surface area contributed by atoms with Gasteiger partial charge in [0.2, 0.25) is 5.82 Å². The van der Waals surface area contributed by atoms with Crippen LogP contribution in [0.25, 0.3) is 17.1 Å². The van der Waals surface area contributed by atoms with Gasteiger partial charge < -0.3 is 19.8 Å². The summed E-state index contributed by atoms with van der Waals surface area (Å²) in [5.74, 6) is -0.607. The number of hydrogen-bond donors (Lipinski definition) is 2. The monoisotopic (exact) mass is 506 g/mol. The lowest BCUT2D eigenvalue weighted by atomic mass is 10.1. The molecule has 3 heterocycles. The Kier molecular flexibility index (Phi) is 5.87. The third kappa shape index (κ3) is 4.43. The molecule has 0 saturated heterocycles.